The smallest absolute Gasteiger partial charge is 0.115 e. The Kier molecular flexibility index (Phi) is 5.88. The molecule has 84 valence electrons. The second kappa shape index (κ2) is 7.31. The van der Waals surface area contributed by atoms with Crippen LogP contribution in [0.3, 0.4) is 0 Å². The van der Waals surface area contributed by atoms with Crippen LogP contribution in [0, 0.1) is 0 Å². The number of hydrogen-bond acceptors (Lipinski definition) is 4. The lowest BCUT2D eigenvalue weighted by Crippen LogP contribution is -2.22. The topological polar surface area (TPSA) is 47.0 Å². The van der Waals surface area contributed by atoms with Gasteiger partial charge in [-0.1, -0.05) is 6.92 Å². The molecule has 0 radical (unpaired) electrons. The molecule has 0 spiro atoms. The van der Waals surface area contributed by atoms with Gasteiger partial charge in [0.2, 0.25) is 0 Å². The molecule has 0 amide bonds. The Morgan fingerprint density at radius 2 is 2.40 bits per heavy atom. The summed E-state index contributed by atoms with van der Waals surface area (Å²) in [5, 5.41) is 3.41. The zero-order valence-corrected chi connectivity index (χ0v) is 9.44. The van der Waals surface area contributed by atoms with Gasteiger partial charge in [-0.2, -0.15) is 0 Å². The van der Waals surface area contributed by atoms with Crippen LogP contribution in [0.15, 0.2) is 18.6 Å². The molecule has 4 nitrogen and oxygen atoms in total. The van der Waals surface area contributed by atoms with Gasteiger partial charge in [-0.05, 0) is 25.5 Å². The van der Waals surface area contributed by atoms with E-state index in [1.165, 1.54) is 0 Å². The van der Waals surface area contributed by atoms with Crippen molar-refractivity contribution in [2.24, 2.45) is 0 Å². The maximum Gasteiger partial charge on any atom is 0.115 e. The fraction of sp³-hybridized carbons (Fsp3) is 0.636. The Morgan fingerprint density at radius 3 is 3.00 bits per heavy atom. The van der Waals surface area contributed by atoms with E-state index in [1.807, 2.05) is 6.07 Å². The largest absolute Gasteiger partial charge is 0.385 e. The van der Waals surface area contributed by atoms with Crippen LogP contribution in [0.25, 0.3) is 0 Å². The van der Waals surface area contributed by atoms with Gasteiger partial charge in [0.15, 0.2) is 0 Å². The average Bonchev–Trinajstić information content (AvgIpc) is 2.29. The minimum atomic E-state index is 0.313. The molecule has 4 heteroatoms. The molecule has 0 aliphatic heterocycles. The Balaban J connectivity index is 2.50. The number of nitrogens with zero attached hydrogens (tertiary/aromatic N) is 2. The number of nitrogens with one attached hydrogen (secondary N) is 1. The molecule has 0 fully saturated rings. The molecular weight excluding hydrogens is 190 g/mol. The molecule has 1 heterocycles. The molecule has 1 aromatic heterocycles. The highest BCUT2D eigenvalue weighted by molar-refractivity contribution is 5.04. The van der Waals surface area contributed by atoms with Gasteiger partial charge in [0.25, 0.3) is 0 Å². The highest BCUT2D eigenvalue weighted by Gasteiger charge is 2.10. The van der Waals surface area contributed by atoms with Gasteiger partial charge in [0, 0.05) is 26.0 Å². The number of methoxy groups -OCH3 is 1. The maximum atomic E-state index is 5.05. The molecule has 0 bridgehead atoms. The van der Waals surface area contributed by atoms with Gasteiger partial charge < -0.3 is 10.1 Å². The molecule has 1 aromatic rings. The van der Waals surface area contributed by atoms with E-state index in [0.29, 0.717) is 6.04 Å². The van der Waals surface area contributed by atoms with Crippen molar-refractivity contribution in [3.8, 4) is 0 Å². The van der Waals surface area contributed by atoms with Gasteiger partial charge in [-0.3, -0.25) is 0 Å². The average molecular weight is 209 g/mol. The predicted octanol–water partition coefficient (Wildman–Crippen LogP) is 1.55. The standard InChI is InChI=1S/C11H19N3O/c1-3-13-10(5-4-8-15-2)11-6-7-12-9-14-11/h6-7,9-10,13H,3-5,8H2,1-2H3. The minimum absolute atomic E-state index is 0.313. The quantitative estimate of drug-likeness (QED) is 0.692. The maximum absolute atomic E-state index is 5.05. The van der Waals surface area contributed by atoms with Crippen LogP contribution in [0.1, 0.15) is 31.5 Å². The van der Waals surface area contributed by atoms with Crippen LogP contribution in [0.4, 0.5) is 0 Å². The normalized spacial score (nSPS) is 12.7. The highest BCUT2D eigenvalue weighted by atomic mass is 16.5. The molecule has 0 aromatic carbocycles. The Morgan fingerprint density at radius 1 is 1.53 bits per heavy atom. The van der Waals surface area contributed by atoms with Crippen LogP contribution < -0.4 is 5.32 Å². The number of aromatic nitrogens is 2. The van der Waals surface area contributed by atoms with Crippen LogP contribution >= 0.6 is 0 Å². The van der Waals surface area contributed by atoms with Crippen LogP contribution in [0.2, 0.25) is 0 Å². The van der Waals surface area contributed by atoms with E-state index in [9.17, 15) is 0 Å². The van der Waals surface area contributed by atoms with Crippen LogP contribution in [-0.4, -0.2) is 30.2 Å². The van der Waals surface area contributed by atoms with Crippen LogP contribution in [-0.2, 0) is 4.74 Å². The molecule has 0 saturated heterocycles. The SMILES string of the molecule is CCNC(CCCOC)c1ccncn1. The third kappa shape index (κ3) is 4.36. The molecule has 1 rings (SSSR count). The molecule has 15 heavy (non-hydrogen) atoms. The first-order chi connectivity index (χ1) is 7.38. The van der Waals surface area contributed by atoms with Gasteiger partial charge in [0.1, 0.15) is 6.33 Å². The van der Waals surface area contributed by atoms with E-state index in [0.717, 1.165) is 31.7 Å². The van der Waals surface area contributed by atoms with Crippen molar-refractivity contribution in [1.82, 2.24) is 15.3 Å². The lowest BCUT2D eigenvalue weighted by Gasteiger charge is -2.16. The summed E-state index contributed by atoms with van der Waals surface area (Å²) in [6.45, 7) is 3.85. The highest BCUT2D eigenvalue weighted by Crippen LogP contribution is 2.15. The number of rotatable bonds is 7. The van der Waals surface area contributed by atoms with E-state index < -0.39 is 0 Å². The summed E-state index contributed by atoms with van der Waals surface area (Å²) in [5.41, 5.74) is 1.06. The molecule has 0 saturated carbocycles. The monoisotopic (exact) mass is 209 g/mol. The Labute approximate surface area is 91.1 Å². The van der Waals surface area contributed by atoms with Crippen molar-refractivity contribution >= 4 is 0 Å². The lowest BCUT2D eigenvalue weighted by molar-refractivity contribution is 0.188. The first-order valence-electron chi connectivity index (χ1n) is 5.36. The second-order valence-electron chi connectivity index (χ2n) is 3.38. The van der Waals surface area contributed by atoms with Gasteiger partial charge in [0.05, 0.1) is 5.69 Å². The van der Waals surface area contributed by atoms with Gasteiger partial charge in [-0.25, -0.2) is 9.97 Å². The summed E-state index contributed by atoms with van der Waals surface area (Å²) in [7, 11) is 1.73. The van der Waals surface area contributed by atoms with E-state index in [4.69, 9.17) is 4.74 Å². The fourth-order valence-corrected chi connectivity index (χ4v) is 1.54. The lowest BCUT2D eigenvalue weighted by atomic mass is 10.1. The summed E-state index contributed by atoms with van der Waals surface area (Å²) >= 11 is 0. The number of hydrogen-bond donors (Lipinski definition) is 1. The molecule has 1 atom stereocenters. The molecular formula is C11H19N3O. The zero-order chi connectivity index (χ0) is 10.9. The minimum Gasteiger partial charge on any atom is -0.385 e. The summed E-state index contributed by atoms with van der Waals surface area (Å²) in [5.74, 6) is 0. The Hall–Kier alpha value is -1.00. The summed E-state index contributed by atoms with van der Waals surface area (Å²) in [4.78, 5) is 8.18. The summed E-state index contributed by atoms with van der Waals surface area (Å²) in [6, 6.07) is 2.27. The van der Waals surface area contributed by atoms with E-state index in [-0.39, 0.29) is 0 Å². The van der Waals surface area contributed by atoms with Crippen molar-refractivity contribution in [1.29, 1.82) is 0 Å². The molecule has 0 aliphatic rings. The second-order valence-corrected chi connectivity index (χ2v) is 3.38. The predicted molar refractivity (Wildman–Crippen MR) is 59.6 cm³/mol. The van der Waals surface area contributed by atoms with Gasteiger partial charge in [-0.15, -0.1) is 0 Å². The van der Waals surface area contributed by atoms with Gasteiger partial charge >= 0.3 is 0 Å². The third-order valence-corrected chi connectivity index (χ3v) is 2.25. The van der Waals surface area contributed by atoms with Crippen molar-refractivity contribution in [2.75, 3.05) is 20.3 Å². The zero-order valence-electron chi connectivity index (χ0n) is 9.44. The van der Waals surface area contributed by atoms with E-state index >= 15 is 0 Å². The molecule has 0 aliphatic carbocycles. The first-order valence-corrected chi connectivity index (χ1v) is 5.36. The van der Waals surface area contributed by atoms with Crippen molar-refractivity contribution < 1.29 is 4.74 Å². The van der Waals surface area contributed by atoms with Crippen LogP contribution in [0.5, 0.6) is 0 Å². The van der Waals surface area contributed by atoms with Crippen molar-refractivity contribution in [3.63, 3.8) is 0 Å². The third-order valence-electron chi connectivity index (χ3n) is 2.25. The first kappa shape index (κ1) is 12.1. The fourth-order valence-electron chi connectivity index (χ4n) is 1.54. The number of ether oxygens (including phenoxy) is 1. The molecule has 1 unspecified atom stereocenters. The van der Waals surface area contributed by atoms with Crippen molar-refractivity contribution in [3.05, 3.63) is 24.3 Å². The van der Waals surface area contributed by atoms with E-state index in [2.05, 4.69) is 22.2 Å². The summed E-state index contributed by atoms with van der Waals surface area (Å²) < 4.78 is 5.05. The van der Waals surface area contributed by atoms with Crippen molar-refractivity contribution in [2.45, 2.75) is 25.8 Å². The Bertz CT molecular complexity index is 253. The summed E-state index contributed by atoms with van der Waals surface area (Å²) in [6.07, 6.45) is 5.45. The van der Waals surface area contributed by atoms with E-state index in [1.54, 1.807) is 19.6 Å². The molecule has 1 N–H and O–H groups in total.